The first kappa shape index (κ1) is 22.8. The number of hydrogen-bond acceptors (Lipinski definition) is 5. The van der Waals surface area contributed by atoms with Gasteiger partial charge >= 0.3 is 0 Å². The molecule has 2 atom stereocenters. The van der Waals surface area contributed by atoms with Gasteiger partial charge in [0, 0.05) is 0 Å². The summed E-state index contributed by atoms with van der Waals surface area (Å²) in [5.41, 5.74) is 4.67. The van der Waals surface area contributed by atoms with Crippen LogP contribution in [0.4, 0.5) is 0 Å². The highest BCUT2D eigenvalue weighted by molar-refractivity contribution is 7.88. The minimum Gasteiger partial charge on any atom is -0.289 e. The van der Waals surface area contributed by atoms with Crippen molar-refractivity contribution >= 4 is 27.9 Å². The number of allylic oxidation sites excluding steroid dienone is 1. The van der Waals surface area contributed by atoms with Crippen LogP contribution in [-0.4, -0.2) is 31.7 Å². The molecule has 0 spiro atoms. The van der Waals surface area contributed by atoms with Crippen molar-refractivity contribution in [2.45, 2.75) is 26.7 Å². The van der Waals surface area contributed by atoms with Crippen molar-refractivity contribution in [3.05, 3.63) is 42.0 Å². The highest BCUT2D eigenvalue weighted by Gasteiger charge is 2.33. The number of nitrogens with one attached hydrogen (secondary N) is 3. The van der Waals surface area contributed by atoms with Gasteiger partial charge in [0.1, 0.15) is 0 Å². The summed E-state index contributed by atoms with van der Waals surface area (Å²) in [4.78, 5) is 26.6. The molecule has 0 aliphatic rings. The van der Waals surface area contributed by atoms with Crippen LogP contribution in [0.1, 0.15) is 32.3 Å². The lowest BCUT2D eigenvalue weighted by molar-refractivity contribution is -0.140. The molecule has 9 heteroatoms. The maximum absolute atomic E-state index is 12.5. The zero-order chi connectivity index (χ0) is 20.4. The normalized spacial score (nSPS) is 14.1. The van der Waals surface area contributed by atoms with Gasteiger partial charge in [0.15, 0.2) is 0 Å². The molecule has 0 aromatic heterocycles. The van der Waals surface area contributed by atoms with Gasteiger partial charge in [-0.1, -0.05) is 56.3 Å². The first-order valence-electron chi connectivity index (χ1n) is 8.56. The van der Waals surface area contributed by atoms with Gasteiger partial charge in [0.05, 0.1) is 18.1 Å². The number of carbonyl (C=O) groups is 2. The average molecular weight is 397 g/mol. The number of benzene rings is 1. The van der Waals surface area contributed by atoms with Crippen LogP contribution in [0.5, 0.6) is 0 Å². The highest BCUT2D eigenvalue weighted by Crippen LogP contribution is 2.25. The molecular weight excluding hydrogens is 370 g/mol. The van der Waals surface area contributed by atoms with Crippen LogP contribution in [0.3, 0.4) is 0 Å². The van der Waals surface area contributed by atoms with E-state index in [1.54, 1.807) is 11.6 Å². The summed E-state index contributed by atoms with van der Waals surface area (Å²) >= 11 is 0. The van der Waals surface area contributed by atoms with Crippen LogP contribution in [-0.2, 0) is 19.6 Å². The quantitative estimate of drug-likeness (QED) is 0.351. The Morgan fingerprint density at radius 1 is 1.11 bits per heavy atom. The Balaban J connectivity index is 2.99. The molecule has 150 valence electrons. The minimum atomic E-state index is -3.63. The maximum Gasteiger partial charge on any atom is 0.247 e. The summed E-state index contributed by atoms with van der Waals surface area (Å²) in [6.07, 6.45) is 5.02. The van der Waals surface area contributed by atoms with E-state index >= 15 is 0 Å². The van der Waals surface area contributed by atoms with Crippen molar-refractivity contribution in [3.63, 3.8) is 0 Å². The fourth-order valence-electron chi connectivity index (χ4n) is 2.65. The molecule has 0 aliphatic carbocycles. The van der Waals surface area contributed by atoms with E-state index in [1.165, 1.54) is 0 Å². The van der Waals surface area contributed by atoms with Crippen LogP contribution in [0.2, 0.25) is 0 Å². The van der Waals surface area contributed by atoms with E-state index in [0.717, 1.165) is 11.8 Å². The van der Waals surface area contributed by atoms with Crippen molar-refractivity contribution in [2.75, 3.05) is 6.26 Å². The Morgan fingerprint density at radius 3 is 2.26 bits per heavy atom. The second-order valence-corrected chi connectivity index (χ2v) is 8.48. The topological polar surface area (TPSA) is 125 Å². The largest absolute Gasteiger partial charge is 0.289 e. The maximum atomic E-state index is 12.5. The summed E-state index contributed by atoms with van der Waals surface area (Å²) in [5, 5.41) is 9.08. The second-order valence-electron chi connectivity index (χ2n) is 6.73. The molecule has 2 amide bonds. The molecule has 0 saturated carbocycles. The smallest absolute Gasteiger partial charge is 0.247 e. The number of amides is 2. The predicted molar refractivity (Wildman–Crippen MR) is 103 cm³/mol. The Hall–Kier alpha value is -2.23. The second kappa shape index (κ2) is 10.8. The van der Waals surface area contributed by atoms with Crippen LogP contribution >= 0.6 is 0 Å². The molecule has 0 heterocycles. The van der Waals surface area contributed by atoms with E-state index in [-0.39, 0.29) is 12.3 Å². The van der Waals surface area contributed by atoms with Crippen molar-refractivity contribution < 1.29 is 23.2 Å². The summed E-state index contributed by atoms with van der Waals surface area (Å²) in [6, 6.07) is 9.43. The first-order chi connectivity index (χ1) is 12.6. The number of hydroxylamine groups is 1. The molecule has 0 bridgehead atoms. The summed E-state index contributed by atoms with van der Waals surface area (Å²) in [7, 11) is -3.63. The molecule has 0 radical (unpaired) electrons. The molecule has 0 saturated heterocycles. The summed E-state index contributed by atoms with van der Waals surface area (Å²) < 4.78 is 22.4. The van der Waals surface area contributed by atoms with Gasteiger partial charge in [-0.05, 0) is 24.3 Å². The van der Waals surface area contributed by atoms with Gasteiger partial charge < -0.3 is 0 Å². The molecule has 8 nitrogen and oxygen atoms in total. The van der Waals surface area contributed by atoms with Crippen LogP contribution in [0.15, 0.2) is 36.4 Å². The zero-order valence-corrected chi connectivity index (χ0v) is 16.5. The lowest BCUT2D eigenvalue weighted by atomic mass is 9.82. The Bertz CT molecular complexity index is 748. The Labute approximate surface area is 160 Å². The SMILES string of the molecule is CC(C)C[C@@H](C(=O)NNS(C)(=O)=O)[C@H](C/C=C/c1ccccc1)C(=O)NO. The van der Waals surface area contributed by atoms with E-state index in [0.29, 0.717) is 6.42 Å². The summed E-state index contributed by atoms with van der Waals surface area (Å²) in [6.45, 7) is 3.77. The minimum absolute atomic E-state index is 0.0751. The average Bonchev–Trinajstić information content (AvgIpc) is 2.61. The van der Waals surface area contributed by atoms with Crippen molar-refractivity contribution in [3.8, 4) is 0 Å². The van der Waals surface area contributed by atoms with Crippen molar-refractivity contribution in [1.82, 2.24) is 15.7 Å². The van der Waals surface area contributed by atoms with Gasteiger partial charge in [-0.3, -0.25) is 20.2 Å². The molecule has 4 N–H and O–H groups in total. The molecule has 1 aromatic carbocycles. The van der Waals surface area contributed by atoms with Gasteiger partial charge in [0.25, 0.3) is 0 Å². The molecule has 0 unspecified atom stereocenters. The first-order valence-corrected chi connectivity index (χ1v) is 10.5. The number of hydrazine groups is 1. The highest BCUT2D eigenvalue weighted by atomic mass is 32.2. The van der Waals surface area contributed by atoms with E-state index in [1.807, 2.05) is 55.1 Å². The fraction of sp³-hybridized carbons (Fsp3) is 0.444. The number of carbonyl (C=O) groups excluding carboxylic acids is 2. The third kappa shape index (κ3) is 8.80. The molecule has 27 heavy (non-hydrogen) atoms. The van der Waals surface area contributed by atoms with E-state index in [4.69, 9.17) is 5.21 Å². The number of sulfonamides is 1. The zero-order valence-electron chi connectivity index (χ0n) is 15.7. The Morgan fingerprint density at radius 2 is 1.74 bits per heavy atom. The molecule has 1 rings (SSSR count). The van der Waals surface area contributed by atoms with E-state index in [2.05, 4.69) is 5.43 Å². The standard InChI is InChI=1S/C18H27N3O5S/c1-13(2)12-16(17(22)19-21-27(3,25)26)15(18(23)20-24)11-7-10-14-8-5-4-6-9-14/h4-10,13,15-16,21,24H,11-12H2,1-3H3,(H,19,22)(H,20,23)/b10-7+/t15-,16+/m0/s1. The summed E-state index contributed by atoms with van der Waals surface area (Å²) in [5.74, 6) is -2.94. The fourth-order valence-corrected chi connectivity index (χ4v) is 2.94. The monoisotopic (exact) mass is 397 g/mol. The van der Waals surface area contributed by atoms with Crippen LogP contribution < -0.4 is 15.7 Å². The van der Waals surface area contributed by atoms with Gasteiger partial charge in [-0.15, -0.1) is 4.83 Å². The van der Waals surface area contributed by atoms with Crippen molar-refractivity contribution in [1.29, 1.82) is 0 Å². The lowest BCUT2D eigenvalue weighted by Crippen LogP contribution is -2.48. The number of hydrogen-bond donors (Lipinski definition) is 4. The third-order valence-electron chi connectivity index (χ3n) is 3.85. The van der Waals surface area contributed by atoms with Crippen LogP contribution in [0, 0.1) is 17.8 Å². The van der Waals surface area contributed by atoms with Gasteiger partial charge in [-0.2, -0.15) is 0 Å². The molecule has 0 aliphatic heterocycles. The van der Waals surface area contributed by atoms with Gasteiger partial charge in [-0.25, -0.2) is 13.9 Å². The van der Waals surface area contributed by atoms with Crippen molar-refractivity contribution in [2.24, 2.45) is 17.8 Å². The van der Waals surface area contributed by atoms with E-state index in [9.17, 15) is 18.0 Å². The molecule has 0 fully saturated rings. The third-order valence-corrected chi connectivity index (χ3v) is 4.33. The lowest BCUT2D eigenvalue weighted by Gasteiger charge is -2.25. The van der Waals surface area contributed by atoms with E-state index < -0.39 is 33.7 Å². The predicted octanol–water partition coefficient (Wildman–Crippen LogP) is 1.45. The number of rotatable bonds is 10. The molecular formula is C18H27N3O5S. The van der Waals surface area contributed by atoms with Crippen LogP contribution in [0.25, 0.3) is 6.08 Å². The molecule has 1 aromatic rings. The Kier molecular flexibility index (Phi) is 9.13. The van der Waals surface area contributed by atoms with Gasteiger partial charge in [0.2, 0.25) is 21.8 Å².